The fourth-order valence-electron chi connectivity index (χ4n) is 4.40. The van der Waals surface area contributed by atoms with Crippen LogP contribution in [0.1, 0.15) is 43.0 Å². The molecule has 1 saturated carbocycles. The van der Waals surface area contributed by atoms with Crippen molar-refractivity contribution in [2.45, 2.75) is 50.9 Å². The topological polar surface area (TPSA) is 93.3 Å². The van der Waals surface area contributed by atoms with Gasteiger partial charge in [-0.15, -0.1) is 5.10 Å². The second-order valence-electron chi connectivity index (χ2n) is 8.29. The van der Waals surface area contributed by atoms with Gasteiger partial charge in [-0.05, 0) is 59.5 Å². The molecular formula is C24H25N5O3S. The second-order valence-corrected chi connectivity index (χ2v) is 9.07. The van der Waals surface area contributed by atoms with E-state index in [9.17, 15) is 9.59 Å². The Bertz CT molecular complexity index is 1210. The van der Waals surface area contributed by atoms with Crippen molar-refractivity contribution in [3.8, 4) is 0 Å². The number of nitrogens with one attached hydrogen (secondary N) is 1. The minimum absolute atomic E-state index is 0.0292. The third-order valence-electron chi connectivity index (χ3n) is 6.05. The Hall–Kier alpha value is -3.46. The highest BCUT2D eigenvalue weighted by molar-refractivity contribution is 7.08. The van der Waals surface area contributed by atoms with E-state index >= 15 is 0 Å². The van der Waals surface area contributed by atoms with Crippen LogP contribution in [0.5, 0.6) is 0 Å². The minimum Gasteiger partial charge on any atom is -0.467 e. The van der Waals surface area contributed by atoms with Gasteiger partial charge in [0.05, 0.1) is 18.3 Å². The smallest absolute Gasteiger partial charge is 0.247 e. The largest absolute Gasteiger partial charge is 0.467 e. The van der Waals surface area contributed by atoms with Crippen molar-refractivity contribution in [2.24, 2.45) is 0 Å². The molecule has 3 aromatic heterocycles. The van der Waals surface area contributed by atoms with Crippen molar-refractivity contribution < 1.29 is 14.0 Å². The van der Waals surface area contributed by atoms with Gasteiger partial charge in [-0.25, -0.2) is 4.68 Å². The molecule has 1 aliphatic carbocycles. The Balaban J connectivity index is 1.47. The van der Waals surface area contributed by atoms with Gasteiger partial charge >= 0.3 is 0 Å². The summed E-state index contributed by atoms with van der Waals surface area (Å²) in [5.41, 5.74) is 2.28. The van der Waals surface area contributed by atoms with E-state index < -0.39 is 6.04 Å². The zero-order valence-electron chi connectivity index (χ0n) is 18.1. The number of benzene rings is 1. The highest BCUT2D eigenvalue weighted by atomic mass is 32.1. The number of carbonyl (C=O) groups excluding carboxylic acids is 2. The van der Waals surface area contributed by atoms with E-state index in [4.69, 9.17) is 4.42 Å². The molecule has 2 amide bonds. The summed E-state index contributed by atoms with van der Waals surface area (Å²) < 4.78 is 7.12. The van der Waals surface area contributed by atoms with E-state index in [0.29, 0.717) is 5.76 Å². The SMILES string of the molecule is O=C(NC1CCCC1)C(c1ccsc1)N(Cc1ccco1)C(=O)Cn1nnc2ccccc21. The van der Waals surface area contributed by atoms with Gasteiger partial charge in [-0.2, -0.15) is 11.3 Å². The van der Waals surface area contributed by atoms with E-state index in [2.05, 4.69) is 15.6 Å². The Labute approximate surface area is 195 Å². The summed E-state index contributed by atoms with van der Waals surface area (Å²) in [7, 11) is 0. The highest BCUT2D eigenvalue weighted by Gasteiger charge is 2.34. The molecule has 1 fully saturated rings. The molecule has 1 aromatic carbocycles. The van der Waals surface area contributed by atoms with Crippen LogP contribution >= 0.6 is 11.3 Å². The van der Waals surface area contributed by atoms with Gasteiger partial charge in [-0.3, -0.25) is 9.59 Å². The lowest BCUT2D eigenvalue weighted by Crippen LogP contribution is -2.46. The maximum atomic E-state index is 13.7. The second kappa shape index (κ2) is 9.58. The maximum absolute atomic E-state index is 13.7. The Morgan fingerprint density at radius 1 is 1.18 bits per heavy atom. The van der Waals surface area contributed by atoms with Crippen molar-refractivity contribution in [3.05, 3.63) is 70.8 Å². The first-order chi connectivity index (χ1) is 16.2. The molecule has 0 aliphatic heterocycles. The van der Waals surface area contributed by atoms with Gasteiger partial charge < -0.3 is 14.6 Å². The quantitative estimate of drug-likeness (QED) is 0.428. The summed E-state index contributed by atoms with van der Waals surface area (Å²) in [5.74, 6) is 0.212. The van der Waals surface area contributed by atoms with Crippen molar-refractivity contribution in [3.63, 3.8) is 0 Å². The van der Waals surface area contributed by atoms with E-state index in [1.54, 1.807) is 21.9 Å². The highest BCUT2D eigenvalue weighted by Crippen LogP contribution is 2.28. The molecular weight excluding hydrogens is 438 g/mol. The summed E-state index contributed by atoms with van der Waals surface area (Å²) in [5, 5.41) is 15.3. The molecule has 0 spiro atoms. The van der Waals surface area contributed by atoms with Crippen LogP contribution in [0.2, 0.25) is 0 Å². The predicted molar refractivity (Wildman–Crippen MR) is 124 cm³/mol. The fourth-order valence-corrected chi connectivity index (χ4v) is 5.08. The molecule has 170 valence electrons. The van der Waals surface area contributed by atoms with Gasteiger partial charge in [0.1, 0.15) is 23.9 Å². The van der Waals surface area contributed by atoms with Gasteiger partial charge in [0.15, 0.2) is 0 Å². The number of hydrogen-bond donors (Lipinski definition) is 1. The van der Waals surface area contributed by atoms with E-state index in [-0.39, 0.29) is 30.9 Å². The monoisotopic (exact) mass is 463 g/mol. The fraction of sp³-hybridized carbons (Fsp3) is 0.333. The molecule has 9 heteroatoms. The summed E-state index contributed by atoms with van der Waals surface area (Å²) >= 11 is 1.50. The number of furan rings is 1. The lowest BCUT2D eigenvalue weighted by atomic mass is 10.1. The van der Waals surface area contributed by atoms with Crippen LogP contribution in [0.15, 0.2) is 63.9 Å². The van der Waals surface area contributed by atoms with Crippen LogP contribution in [0.4, 0.5) is 0 Å². The van der Waals surface area contributed by atoms with Crippen LogP contribution in [0, 0.1) is 0 Å². The average molecular weight is 464 g/mol. The van der Waals surface area contributed by atoms with E-state index in [0.717, 1.165) is 42.3 Å². The zero-order chi connectivity index (χ0) is 22.6. The van der Waals surface area contributed by atoms with Crippen LogP contribution in [0.3, 0.4) is 0 Å². The van der Waals surface area contributed by atoms with Crippen molar-refractivity contribution >= 4 is 34.2 Å². The molecule has 33 heavy (non-hydrogen) atoms. The number of rotatable bonds is 8. The van der Waals surface area contributed by atoms with Gasteiger partial charge in [0.2, 0.25) is 11.8 Å². The molecule has 5 rings (SSSR count). The lowest BCUT2D eigenvalue weighted by molar-refractivity contribution is -0.142. The normalized spacial score (nSPS) is 15.0. The van der Waals surface area contributed by atoms with Crippen molar-refractivity contribution in [1.29, 1.82) is 0 Å². The number of fused-ring (bicyclic) bond motifs is 1. The first-order valence-corrected chi connectivity index (χ1v) is 12.1. The number of carbonyl (C=O) groups is 2. The van der Waals surface area contributed by atoms with E-state index in [1.165, 1.54) is 11.3 Å². The number of amides is 2. The van der Waals surface area contributed by atoms with Crippen LogP contribution in [0.25, 0.3) is 11.0 Å². The van der Waals surface area contributed by atoms with Crippen LogP contribution in [-0.2, 0) is 22.7 Å². The molecule has 3 heterocycles. The Kier molecular flexibility index (Phi) is 6.21. The molecule has 1 atom stereocenters. The van der Waals surface area contributed by atoms with Gasteiger partial charge in [0.25, 0.3) is 0 Å². The predicted octanol–water partition coefficient (Wildman–Crippen LogP) is 3.91. The van der Waals surface area contributed by atoms with Crippen molar-refractivity contribution in [2.75, 3.05) is 0 Å². The zero-order valence-corrected chi connectivity index (χ0v) is 18.9. The first-order valence-electron chi connectivity index (χ1n) is 11.1. The van der Waals surface area contributed by atoms with E-state index in [1.807, 2.05) is 47.2 Å². The molecule has 1 unspecified atom stereocenters. The Morgan fingerprint density at radius 3 is 2.79 bits per heavy atom. The van der Waals surface area contributed by atoms with Gasteiger partial charge in [-0.1, -0.05) is 30.2 Å². The number of hydrogen-bond acceptors (Lipinski definition) is 6. The summed E-state index contributed by atoms with van der Waals surface area (Å²) in [6.07, 6.45) is 5.74. The molecule has 1 N–H and O–H groups in total. The van der Waals surface area contributed by atoms with Crippen molar-refractivity contribution in [1.82, 2.24) is 25.2 Å². The number of aromatic nitrogens is 3. The average Bonchev–Trinajstić information content (AvgIpc) is 3.62. The molecule has 0 bridgehead atoms. The maximum Gasteiger partial charge on any atom is 0.247 e. The van der Waals surface area contributed by atoms with Crippen LogP contribution < -0.4 is 5.32 Å². The number of para-hydroxylation sites is 1. The Morgan fingerprint density at radius 2 is 2.03 bits per heavy atom. The number of thiophene rings is 1. The van der Waals surface area contributed by atoms with Gasteiger partial charge in [0, 0.05) is 6.04 Å². The minimum atomic E-state index is -0.760. The molecule has 4 aromatic rings. The summed E-state index contributed by atoms with van der Waals surface area (Å²) in [6, 6.07) is 12.4. The third-order valence-corrected chi connectivity index (χ3v) is 6.75. The third kappa shape index (κ3) is 4.68. The summed E-state index contributed by atoms with van der Waals surface area (Å²) in [4.78, 5) is 28.8. The molecule has 1 aliphatic rings. The molecule has 0 saturated heterocycles. The summed E-state index contributed by atoms with van der Waals surface area (Å²) in [6.45, 7) is 0.148. The molecule has 0 radical (unpaired) electrons. The first kappa shape index (κ1) is 21.4. The van der Waals surface area contributed by atoms with Crippen LogP contribution in [-0.4, -0.2) is 37.7 Å². The standard InChI is InChI=1S/C24H25N5O3S/c30-22(15-29-21-10-4-3-9-20(21)26-27-29)28(14-19-8-5-12-32-19)23(17-11-13-33-16-17)24(31)25-18-6-1-2-7-18/h3-5,8-13,16,18,23H,1-2,6-7,14-15H2,(H,25,31). The lowest BCUT2D eigenvalue weighted by Gasteiger charge is -2.31. The molecule has 8 nitrogen and oxygen atoms in total. The number of nitrogens with zero attached hydrogens (tertiary/aromatic N) is 4.